The molecule has 0 saturated heterocycles. The Kier molecular flexibility index (Phi) is 6.86. The van der Waals surface area contributed by atoms with Gasteiger partial charge in [-0.15, -0.1) is 0 Å². The molecule has 2 aliphatic rings. The Morgan fingerprint density at radius 1 is 0.596 bits per heavy atom. The van der Waals surface area contributed by atoms with Crippen LogP contribution < -0.4 is 9.13 Å². The van der Waals surface area contributed by atoms with Crippen LogP contribution in [-0.4, -0.2) is 0 Å². The molecule has 2 nitrogen and oxygen atoms in total. The number of rotatable bonds is 3. The number of hydrogen-bond donors (Lipinski definition) is 0. The summed E-state index contributed by atoms with van der Waals surface area (Å²) in [6, 6.07) is 21.6. The molecule has 5 aromatic rings. The number of aromatic nitrogens is 2. The van der Waals surface area contributed by atoms with Crippen molar-refractivity contribution in [3.8, 4) is 33.6 Å². The van der Waals surface area contributed by atoms with Crippen molar-refractivity contribution >= 4 is 0 Å². The van der Waals surface area contributed by atoms with Crippen molar-refractivity contribution in [1.29, 1.82) is 0 Å². The van der Waals surface area contributed by atoms with E-state index in [2.05, 4.69) is 0 Å². The predicted octanol–water partition coefficient (Wildman–Crippen LogP) is 9.60. The van der Waals surface area contributed by atoms with Crippen LogP contribution in [0.4, 0.5) is 39.5 Å². The summed E-state index contributed by atoms with van der Waals surface area (Å²) in [6.45, 7) is 1.69. The minimum Gasteiger partial charge on any atom is -0.200 e. The molecule has 3 aromatic carbocycles. The fourth-order valence-electron chi connectivity index (χ4n) is 7.23. The normalized spacial score (nSPS) is 18.7. The van der Waals surface area contributed by atoms with Gasteiger partial charge in [-0.3, -0.25) is 0 Å². The van der Waals surface area contributed by atoms with Crippen LogP contribution in [0.1, 0.15) is 51.3 Å². The van der Waals surface area contributed by atoms with Crippen molar-refractivity contribution in [1.82, 2.24) is 0 Å². The lowest BCUT2D eigenvalue weighted by Crippen LogP contribution is -2.40. The van der Waals surface area contributed by atoms with Gasteiger partial charge in [-0.05, 0) is 47.9 Å². The van der Waals surface area contributed by atoms with Gasteiger partial charge >= 0.3 is 18.5 Å². The van der Waals surface area contributed by atoms with Crippen LogP contribution in [0.2, 0.25) is 0 Å². The third kappa shape index (κ3) is 5.07. The molecule has 1 aliphatic carbocycles. The summed E-state index contributed by atoms with van der Waals surface area (Å²) in [6.07, 6.45) is -13.2. The van der Waals surface area contributed by atoms with Crippen molar-refractivity contribution < 1.29 is 48.6 Å². The van der Waals surface area contributed by atoms with Gasteiger partial charge in [0.15, 0.2) is 18.4 Å². The van der Waals surface area contributed by atoms with E-state index in [1.807, 2.05) is 53.2 Å². The summed E-state index contributed by atoms with van der Waals surface area (Å²) >= 11 is 0. The smallest absolute Gasteiger partial charge is 0.200 e. The Balaban J connectivity index is 1.49. The number of aryl methyl sites for hydroxylation is 2. The molecule has 1 saturated carbocycles. The largest absolute Gasteiger partial charge is 0.417 e. The van der Waals surface area contributed by atoms with Crippen LogP contribution in [0.3, 0.4) is 0 Å². The molecule has 1 aliphatic heterocycles. The lowest BCUT2D eigenvalue weighted by atomic mass is 9.83. The van der Waals surface area contributed by atoms with Crippen LogP contribution in [-0.2, 0) is 25.6 Å². The molecule has 1 fully saturated rings. The van der Waals surface area contributed by atoms with E-state index in [1.165, 1.54) is 16.7 Å². The van der Waals surface area contributed by atoms with E-state index in [4.69, 9.17) is 0 Å². The van der Waals surface area contributed by atoms with Crippen LogP contribution in [0.15, 0.2) is 97.3 Å². The van der Waals surface area contributed by atoms with E-state index in [0.29, 0.717) is 22.4 Å². The number of benzene rings is 3. The second kappa shape index (κ2) is 10.4. The minimum absolute atomic E-state index is 0.212. The van der Waals surface area contributed by atoms with Gasteiger partial charge in [-0.25, -0.2) is 4.57 Å². The quantitative estimate of drug-likeness (QED) is 0.135. The van der Waals surface area contributed by atoms with E-state index in [9.17, 15) is 39.5 Å². The Morgan fingerprint density at radius 3 is 1.87 bits per heavy atom. The predicted molar refractivity (Wildman–Crippen MR) is 155 cm³/mol. The molecule has 0 spiro atoms. The maximum Gasteiger partial charge on any atom is 0.417 e. The van der Waals surface area contributed by atoms with Crippen LogP contribution in [0.25, 0.3) is 33.6 Å². The Labute approximate surface area is 263 Å². The minimum atomic E-state index is -5.69. The summed E-state index contributed by atoms with van der Waals surface area (Å²) < 4.78 is 134. The van der Waals surface area contributed by atoms with Gasteiger partial charge in [-0.1, -0.05) is 48.5 Å². The number of nitrogens with zero attached hydrogens (tertiary/aromatic N) is 2. The molecule has 3 unspecified atom stereocenters. The third-order valence-corrected chi connectivity index (χ3v) is 9.11. The van der Waals surface area contributed by atoms with Crippen LogP contribution in [0, 0.1) is 6.92 Å². The highest BCUT2D eigenvalue weighted by Crippen LogP contribution is 2.69. The molecular formula is C36H25F9N2+2. The van der Waals surface area contributed by atoms with Gasteiger partial charge in [0, 0.05) is 28.8 Å². The molecule has 3 heterocycles. The van der Waals surface area contributed by atoms with Crippen molar-refractivity contribution in [3.63, 3.8) is 0 Å². The summed E-state index contributed by atoms with van der Waals surface area (Å²) in [4.78, 5) is 0. The highest BCUT2D eigenvalue weighted by Gasteiger charge is 2.67. The molecule has 47 heavy (non-hydrogen) atoms. The van der Waals surface area contributed by atoms with Crippen molar-refractivity contribution in [2.45, 2.75) is 43.3 Å². The first-order chi connectivity index (χ1) is 22.1. The molecule has 11 heteroatoms. The van der Waals surface area contributed by atoms with Gasteiger partial charge in [0.25, 0.3) is 0 Å². The molecule has 0 amide bonds. The zero-order valence-corrected chi connectivity index (χ0v) is 24.8. The molecule has 3 atom stereocenters. The first-order valence-electron chi connectivity index (χ1n) is 14.7. The van der Waals surface area contributed by atoms with Gasteiger partial charge in [0.05, 0.1) is 34.1 Å². The fraction of sp³-hybridized carbons (Fsp3) is 0.222. The molecule has 240 valence electrons. The van der Waals surface area contributed by atoms with Crippen molar-refractivity contribution in [3.05, 3.63) is 131 Å². The van der Waals surface area contributed by atoms with Gasteiger partial charge < -0.3 is 0 Å². The molecule has 7 rings (SSSR count). The molecular weight excluding hydrogens is 631 g/mol. The second-order valence-electron chi connectivity index (χ2n) is 12.0. The average molecular weight is 657 g/mol. The topological polar surface area (TPSA) is 7.76 Å². The Morgan fingerprint density at radius 2 is 1.23 bits per heavy atom. The zero-order chi connectivity index (χ0) is 33.6. The maximum atomic E-state index is 14.7. The molecule has 0 bridgehead atoms. The lowest BCUT2D eigenvalue weighted by Gasteiger charge is -2.26. The fourth-order valence-corrected chi connectivity index (χ4v) is 7.23. The average Bonchev–Trinajstić information content (AvgIpc) is 3.75. The standard InChI is InChI=1S/C36H25F9N2/c1-19-12-14-27-29-24(34(37,38)39)16-25(35(40,41)42)32(36(43,44)45)30(29)31-28(33(31)47(27)17-19)23-11-7-6-10-22(23)26-15-13-21(18-46(26)2)20-8-4-3-5-9-20/h3-18,28,31,33H,1-2H3/q+2. The molecule has 2 aromatic heterocycles. The maximum absolute atomic E-state index is 14.7. The van der Waals surface area contributed by atoms with Gasteiger partial charge in [-0.2, -0.15) is 44.1 Å². The van der Waals surface area contributed by atoms with Crippen LogP contribution >= 0.6 is 0 Å². The number of fused-ring (bicyclic) bond motifs is 6. The monoisotopic (exact) mass is 656 g/mol. The number of hydrogen-bond acceptors (Lipinski definition) is 0. The van der Waals surface area contributed by atoms with E-state index in [-0.39, 0.29) is 11.8 Å². The number of pyridine rings is 2. The zero-order valence-electron chi connectivity index (χ0n) is 24.8. The number of halogens is 9. The Hall–Kier alpha value is -4.67. The highest BCUT2D eigenvalue weighted by molar-refractivity contribution is 5.76. The van der Waals surface area contributed by atoms with E-state index < -0.39 is 64.2 Å². The summed E-state index contributed by atoms with van der Waals surface area (Å²) in [5.41, 5.74) is -3.88. The van der Waals surface area contributed by atoms with Crippen molar-refractivity contribution in [2.24, 2.45) is 7.05 Å². The molecule has 0 radical (unpaired) electrons. The second-order valence-corrected chi connectivity index (χ2v) is 12.0. The van der Waals surface area contributed by atoms with E-state index in [1.54, 1.807) is 44.4 Å². The van der Waals surface area contributed by atoms with E-state index >= 15 is 0 Å². The summed E-state index contributed by atoms with van der Waals surface area (Å²) in [5.74, 6) is -2.16. The number of alkyl halides is 9. The van der Waals surface area contributed by atoms with Crippen molar-refractivity contribution in [2.75, 3.05) is 0 Å². The van der Waals surface area contributed by atoms with Gasteiger partial charge in [0.1, 0.15) is 7.05 Å². The first-order valence-corrected chi connectivity index (χ1v) is 14.7. The lowest BCUT2D eigenvalue weighted by molar-refractivity contribution is -0.693. The van der Waals surface area contributed by atoms with Crippen LogP contribution in [0.5, 0.6) is 0 Å². The first kappa shape index (κ1) is 31.0. The van der Waals surface area contributed by atoms with E-state index in [0.717, 1.165) is 11.1 Å². The van der Waals surface area contributed by atoms with Gasteiger partial charge in [0.2, 0.25) is 11.4 Å². The highest BCUT2D eigenvalue weighted by atomic mass is 19.4. The Bertz CT molecular complexity index is 2040. The molecule has 0 N–H and O–H groups in total. The summed E-state index contributed by atoms with van der Waals surface area (Å²) in [5, 5.41) is 0. The third-order valence-electron chi connectivity index (χ3n) is 9.11. The summed E-state index contributed by atoms with van der Waals surface area (Å²) in [7, 11) is 1.80. The SMILES string of the molecule is Cc1ccc2[n+](c1)C1C(c3ccccc3-c3ccc(-c4ccccc4)c[n+]3C)C1c1c-2c(C(F)(F)F)cc(C(F)(F)F)c1C(F)(F)F.